The second-order valence-electron chi connectivity index (χ2n) is 30.0. The first-order chi connectivity index (χ1) is 62.6. The smallest absolute Gasteiger partial charge is 0.407 e. The summed E-state index contributed by atoms with van der Waals surface area (Å²) >= 11 is 46.5. The zero-order chi connectivity index (χ0) is 96.0. The van der Waals surface area contributed by atoms with Crippen molar-refractivity contribution in [2.45, 2.75) is 175 Å². The molecule has 8 aromatic carbocycles. The maximum atomic E-state index is 12.5. The topological polar surface area (TPSA) is 392 Å². The Balaban J connectivity index is 0. The number of likely N-dealkylation sites (N-methyl/N-ethyl adjacent to an activating group) is 1. The van der Waals surface area contributed by atoms with Crippen molar-refractivity contribution in [3.8, 4) is 12.3 Å². The van der Waals surface area contributed by atoms with Crippen LogP contribution < -0.4 is 16.4 Å². The molecule has 10 aromatic rings. The Labute approximate surface area is 863 Å². The summed E-state index contributed by atoms with van der Waals surface area (Å²) in [6, 6.07) is 55.1. The number of hydroxylamine groups is 2. The van der Waals surface area contributed by atoms with E-state index < -0.39 is 63.7 Å². The third kappa shape index (κ3) is 41.5. The number of terminal acetylenes is 1. The first kappa shape index (κ1) is 131. The van der Waals surface area contributed by atoms with Crippen LogP contribution in [0.2, 0.25) is 62.5 Å². The van der Waals surface area contributed by atoms with Gasteiger partial charge in [-0.1, -0.05) is 226 Å². The molecule has 5 aliphatic heterocycles. The van der Waals surface area contributed by atoms with Gasteiger partial charge in [0, 0.05) is 79.3 Å². The maximum absolute atomic E-state index is 12.5. The van der Waals surface area contributed by atoms with Gasteiger partial charge in [-0.25, -0.2) is 19.4 Å². The van der Waals surface area contributed by atoms with E-state index in [1.54, 1.807) is 98.4 Å². The number of ether oxygens (including phenoxy) is 2. The number of nitrogens with one attached hydrogen (secondary N) is 4. The van der Waals surface area contributed by atoms with Crippen molar-refractivity contribution in [1.82, 2.24) is 55.3 Å². The van der Waals surface area contributed by atoms with Crippen LogP contribution in [0.15, 0.2) is 194 Å². The normalized spacial score (nSPS) is 15.1. The minimum Gasteiger partial charge on any atom is -0.480 e. The predicted octanol–water partition coefficient (Wildman–Crippen LogP) is 20.2. The molecule has 0 spiro atoms. The van der Waals surface area contributed by atoms with Gasteiger partial charge in [0.2, 0.25) is 12.1 Å². The standard InChI is InChI=1S/C13H15BClN3O.C13H18BClN2O3.C13H13BClNO2.C12H12ClN3.C11H13BClNO3.C11H14ClNO2.C8H10ClN.C8H7ClO2.C2H2O3.8CH4/c1-14(19)18-7-5-9-8-10(15)2-3-11(9)13(18)12-4-6-16-17-12;1-14(19)17-7-6-9-8-10(15)4-5-11(9)12(17)13(18)16(2)20-3;1-3-12(17)13-11-5-4-10(15)8-9(11)6-7-16(13)14(2)18;13-9-1-2-10-8(7-9)3-5-14-12(10)11-4-6-15-16-11;1-12(17)14-5-4-7-6-8(13)2-3-9(7)10(14)11(15)16;1-2-15-11(14)13-7-6-9-4-3-5-10(12)8-9;9-8-3-1-2-7(6-8)4-5-10;9-8(10)11-6-7-4-2-1-3-5-7;3-1-2(4)5;;;;;;;;/h2-4,6,8,13,19H,5,7H2,1H3,(H,16,17);4-5,8,12,19H,6-7H2,1-3H3;1,4-5,8,13,18H,6-7H2,2H3;1-2,4,6-7,12,14H,3,5H2,(H,15,16);2-3,6,10,17H,4-5H2,1H3,(H,15,16);3-5,8H,2,6-7H2,1H3,(H,13,14);1-3,6H,4-5,10H2;1-5H,6H2;1H,(H,4,5);8*1H4. The number of carboxylic acid groups (broad SMARTS) is 2. The zero-order valence-corrected chi connectivity index (χ0v) is 79.2. The molecule has 7 heterocycles. The number of aliphatic carboxylic acids is 2. The van der Waals surface area contributed by atoms with E-state index in [2.05, 4.69) is 58.6 Å². The molecule has 756 valence electrons. The van der Waals surface area contributed by atoms with Gasteiger partial charge in [-0.05, 0) is 287 Å². The van der Waals surface area contributed by atoms with E-state index in [9.17, 15) is 49.2 Å². The fourth-order valence-corrected chi connectivity index (χ4v) is 16.5. The van der Waals surface area contributed by atoms with Crippen molar-refractivity contribution in [1.29, 1.82) is 0 Å². The lowest BCUT2D eigenvalue weighted by Gasteiger charge is -2.38. The Morgan fingerprint density at radius 2 is 0.892 bits per heavy atom. The molecule has 0 aliphatic carbocycles. The van der Waals surface area contributed by atoms with Gasteiger partial charge in [0.25, 0.3) is 5.91 Å². The molecule has 15 rings (SSSR count). The minimum atomic E-state index is -1.43. The van der Waals surface area contributed by atoms with Crippen LogP contribution in [0.1, 0.15) is 180 Å². The predicted molar refractivity (Wildman–Crippen MR) is 571 cm³/mol. The van der Waals surface area contributed by atoms with Crippen LogP contribution in [-0.4, -0.2) is 211 Å². The fraction of sp³-hybridized carbons (Fsp3) is 0.364. The summed E-state index contributed by atoms with van der Waals surface area (Å²) in [6.07, 6.45) is 14.0. The molecule has 2 aromatic heterocycles. The van der Waals surface area contributed by atoms with Crippen molar-refractivity contribution in [3.63, 3.8) is 0 Å². The summed E-state index contributed by atoms with van der Waals surface area (Å²) < 4.78 is 9.28. The van der Waals surface area contributed by atoms with Crippen molar-refractivity contribution in [2.75, 3.05) is 66.6 Å². The molecule has 40 heteroatoms. The number of fused-ring (bicyclic) bond motifs is 5. The molecule has 2 amide bonds. The van der Waals surface area contributed by atoms with Crippen LogP contribution in [0.4, 0.5) is 9.59 Å². The molecular weight excluding hydrogens is 1940 g/mol. The van der Waals surface area contributed by atoms with E-state index in [0.717, 1.165) is 117 Å². The van der Waals surface area contributed by atoms with Crippen LogP contribution in [0.5, 0.6) is 0 Å². The van der Waals surface area contributed by atoms with Crippen LogP contribution >= 0.6 is 92.8 Å². The van der Waals surface area contributed by atoms with Crippen molar-refractivity contribution in [3.05, 3.63) is 313 Å². The highest BCUT2D eigenvalue weighted by molar-refractivity contribution is 6.61. The molecule has 0 radical (unpaired) electrons. The number of nitrogens with two attached hydrogens (primary N) is 1. The van der Waals surface area contributed by atoms with Crippen LogP contribution in [0.3, 0.4) is 0 Å². The Hall–Kier alpha value is -9.63. The number of carbonyl (C=O) groups excluding carboxylic acids is 5. The van der Waals surface area contributed by atoms with Crippen molar-refractivity contribution < 1.29 is 78.2 Å². The highest BCUT2D eigenvalue weighted by atomic mass is 35.5. The van der Waals surface area contributed by atoms with Gasteiger partial charge in [0.05, 0.1) is 43.2 Å². The quantitative estimate of drug-likeness (QED) is 0.00681. The number of ketones is 1. The lowest BCUT2D eigenvalue weighted by molar-refractivity contribution is -0.174. The number of nitrogens with zero attached hydrogens (tertiary/aromatic N) is 7. The Morgan fingerprint density at radius 3 is 1.29 bits per heavy atom. The average Bonchev–Trinajstić information content (AvgIpc) is 1.78. The molecular formula is C99H136B4Cl8N12O16. The van der Waals surface area contributed by atoms with E-state index in [-0.39, 0.29) is 102 Å². The second-order valence-corrected chi connectivity index (χ2v) is 33.4. The maximum Gasteiger partial charge on any atom is 0.407 e. The fourth-order valence-electron chi connectivity index (χ4n) is 15.0. The van der Waals surface area contributed by atoms with E-state index in [0.29, 0.717) is 71.4 Å². The van der Waals surface area contributed by atoms with Gasteiger partial charge < -0.3 is 75.4 Å². The lowest BCUT2D eigenvalue weighted by atomic mass is 9.77. The van der Waals surface area contributed by atoms with Gasteiger partial charge in [0.1, 0.15) is 18.7 Å². The molecule has 28 nitrogen and oxygen atoms in total. The number of alkyl carbamates (subject to hydrolysis) is 1. The minimum absolute atomic E-state index is 0. The van der Waals surface area contributed by atoms with Gasteiger partial charge in [-0.15, -0.1) is 6.42 Å². The van der Waals surface area contributed by atoms with Gasteiger partial charge in [0.15, 0.2) is 0 Å². The summed E-state index contributed by atoms with van der Waals surface area (Å²) in [5.74, 6) is -0.771. The molecule has 0 saturated heterocycles. The molecule has 5 atom stereocenters. The van der Waals surface area contributed by atoms with Crippen LogP contribution in [0, 0.1) is 12.3 Å². The first-order valence-electron chi connectivity index (χ1n) is 41.7. The van der Waals surface area contributed by atoms with E-state index >= 15 is 0 Å². The Bertz CT molecular complexity index is 5400. The van der Waals surface area contributed by atoms with Crippen LogP contribution in [-0.2, 0) is 89.8 Å². The monoisotopic (exact) mass is 2070 g/mol. The number of H-pyrrole nitrogens is 2. The van der Waals surface area contributed by atoms with Crippen molar-refractivity contribution in [2.24, 2.45) is 5.73 Å². The Morgan fingerprint density at radius 1 is 0.511 bits per heavy atom. The molecule has 0 bridgehead atoms. The molecule has 139 heavy (non-hydrogen) atoms. The zero-order valence-electron chi connectivity index (χ0n) is 73.1. The van der Waals surface area contributed by atoms with E-state index in [4.69, 9.17) is 129 Å². The number of carboxylic acids is 2. The SMILES string of the molecule is C.C.C.C.C.C.C.C.C#CC(=O)C1c2ccc(Cl)cc2CCN1B(C)O.CB(O)N1CCc2cc(Cl)ccc2C1C(=O)O.CB(O)N1CCc2cc(Cl)ccc2C1c1ccn[nH]1.CCOC(=O)NCCc1cccc(Cl)c1.CON(C)C(=O)C1c2ccc(Cl)cc2CCN1B(C)O.Clc1ccc2c(c1)CCNC2c1ccn[nH]1.NCCc1cccc(Cl)c1.O=C(Cl)OCc1ccccc1.O=CC(=O)O. The molecule has 5 aliphatic rings. The number of rotatable bonds is 19. The molecule has 0 fully saturated rings. The summed E-state index contributed by atoms with van der Waals surface area (Å²) in [5.41, 5.74) is 20.4. The summed E-state index contributed by atoms with van der Waals surface area (Å²) in [6.45, 7) is 13.8. The summed E-state index contributed by atoms with van der Waals surface area (Å²) in [7, 11) is 0.300. The highest BCUT2D eigenvalue weighted by Crippen LogP contribution is 2.39. The number of aromatic nitrogens is 4. The number of halogens is 8. The third-order valence-electron chi connectivity index (χ3n) is 21.1. The number of hydrogen-bond acceptors (Lipinski definition) is 22. The first-order valence-corrected chi connectivity index (χ1v) is 44.7. The van der Waals surface area contributed by atoms with E-state index in [1.165, 1.54) is 40.0 Å². The lowest BCUT2D eigenvalue weighted by Crippen LogP contribution is -2.50. The van der Waals surface area contributed by atoms with Gasteiger partial charge in [-0.3, -0.25) is 34.2 Å². The van der Waals surface area contributed by atoms with Gasteiger partial charge in [-0.2, -0.15) is 10.2 Å². The number of Topliss-reactive ketones (excluding diaryl/α,β-unsaturated/α-hetero) is 1. The molecule has 12 N–H and O–H groups in total. The number of benzene rings is 8. The number of amides is 2. The van der Waals surface area contributed by atoms with Gasteiger partial charge >= 0.3 is 51.7 Å². The van der Waals surface area contributed by atoms with Crippen molar-refractivity contribution >= 4 is 162 Å². The third-order valence-corrected chi connectivity index (χ3v) is 22.9. The number of hydrogen-bond donors (Lipinski definition) is 11. The Kier molecular flexibility index (Phi) is 64.0. The highest BCUT2D eigenvalue weighted by Gasteiger charge is 2.41. The number of aldehydes is 1. The second kappa shape index (κ2) is 67.7. The molecule has 5 unspecified atom stereocenters. The number of carbonyl (C=O) groups is 7. The van der Waals surface area contributed by atoms with Crippen LogP contribution in [0.25, 0.3) is 0 Å². The number of aromatic amines is 2. The van der Waals surface area contributed by atoms with E-state index in [1.807, 2.05) is 140 Å². The average molecular weight is 2080 g/mol. The molecule has 0 saturated carbocycles. The summed E-state index contributed by atoms with van der Waals surface area (Å²) in [5, 5.41) is 82.2. The summed E-state index contributed by atoms with van der Waals surface area (Å²) in [4.78, 5) is 86.8. The largest absolute Gasteiger partial charge is 0.480 e.